The Balaban J connectivity index is 1.44. The molecule has 0 aliphatic heterocycles. The molecule has 7 nitrogen and oxygen atoms in total. The molecule has 0 atom stereocenters. The second-order valence-electron chi connectivity index (χ2n) is 5.91. The van der Waals surface area contributed by atoms with Crippen molar-refractivity contribution < 1.29 is 18.7 Å². The van der Waals surface area contributed by atoms with Crippen LogP contribution >= 0.6 is 0 Å². The number of aromatic nitrogens is 2. The van der Waals surface area contributed by atoms with E-state index in [0.29, 0.717) is 36.2 Å². The highest BCUT2D eigenvalue weighted by Crippen LogP contribution is 2.25. The molecule has 7 heteroatoms. The van der Waals surface area contributed by atoms with Gasteiger partial charge in [0, 0.05) is 18.5 Å². The monoisotopic (exact) mass is 367 g/mol. The first-order chi connectivity index (χ1) is 13.2. The Morgan fingerprint density at radius 3 is 2.56 bits per heavy atom. The molecule has 0 saturated heterocycles. The minimum Gasteiger partial charge on any atom is -0.493 e. The van der Waals surface area contributed by atoms with Crippen molar-refractivity contribution in [1.29, 1.82) is 0 Å². The molecule has 1 amide bonds. The Kier molecular flexibility index (Phi) is 6.04. The number of carbonyl (C=O) groups excluding carboxylic acids is 1. The minimum absolute atomic E-state index is 0.0984. The van der Waals surface area contributed by atoms with Crippen LogP contribution in [0.15, 0.2) is 52.9 Å². The van der Waals surface area contributed by atoms with Gasteiger partial charge in [0.25, 0.3) is 5.91 Å². The summed E-state index contributed by atoms with van der Waals surface area (Å²) in [7, 11) is 1.55. The molecule has 0 radical (unpaired) electrons. The van der Waals surface area contributed by atoms with E-state index in [1.165, 1.54) is 0 Å². The van der Waals surface area contributed by atoms with Crippen LogP contribution in [0.3, 0.4) is 0 Å². The molecule has 1 heterocycles. The van der Waals surface area contributed by atoms with E-state index in [0.717, 1.165) is 11.1 Å². The lowest BCUT2D eigenvalue weighted by Gasteiger charge is -2.10. The third-order valence-electron chi connectivity index (χ3n) is 3.85. The van der Waals surface area contributed by atoms with Crippen LogP contribution in [0.25, 0.3) is 11.5 Å². The zero-order valence-electron chi connectivity index (χ0n) is 15.3. The molecule has 0 spiro atoms. The molecule has 0 aliphatic rings. The third kappa shape index (κ3) is 5.07. The third-order valence-corrected chi connectivity index (χ3v) is 3.85. The maximum absolute atomic E-state index is 11.9. The Labute approximate surface area is 157 Å². The van der Waals surface area contributed by atoms with Gasteiger partial charge in [-0.05, 0) is 31.2 Å². The first kappa shape index (κ1) is 18.4. The fourth-order valence-electron chi connectivity index (χ4n) is 2.41. The molecular formula is C20H21N3O4. The van der Waals surface area contributed by atoms with Gasteiger partial charge in [-0.1, -0.05) is 29.8 Å². The van der Waals surface area contributed by atoms with Gasteiger partial charge in [-0.25, -0.2) is 0 Å². The Morgan fingerprint density at radius 1 is 1.07 bits per heavy atom. The minimum atomic E-state index is -0.237. The highest BCUT2D eigenvalue weighted by Gasteiger charge is 2.10. The summed E-state index contributed by atoms with van der Waals surface area (Å²) in [4.78, 5) is 11.9. The van der Waals surface area contributed by atoms with Gasteiger partial charge in [-0.3, -0.25) is 4.79 Å². The van der Waals surface area contributed by atoms with Gasteiger partial charge in [0.05, 0.1) is 7.11 Å². The first-order valence-corrected chi connectivity index (χ1v) is 8.57. The summed E-state index contributed by atoms with van der Waals surface area (Å²) >= 11 is 0. The van der Waals surface area contributed by atoms with E-state index in [1.54, 1.807) is 19.2 Å². The van der Waals surface area contributed by atoms with Crippen molar-refractivity contribution in [2.75, 3.05) is 20.3 Å². The Morgan fingerprint density at radius 2 is 1.81 bits per heavy atom. The number of amides is 1. The van der Waals surface area contributed by atoms with E-state index in [9.17, 15) is 4.79 Å². The van der Waals surface area contributed by atoms with Gasteiger partial charge >= 0.3 is 0 Å². The summed E-state index contributed by atoms with van der Waals surface area (Å²) in [6.07, 6.45) is 0.444. The van der Waals surface area contributed by atoms with Crippen LogP contribution in [0.4, 0.5) is 0 Å². The first-order valence-electron chi connectivity index (χ1n) is 8.57. The topological polar surface area (TPSA) is 86.5 Å². The van der Waals surface area contributed by atoms with Crippen LogP contribution in [-0.2, 0) is 11.2 Å². The molecule has 0 unspecified atom stereocenters. The van der Waals surface area contributed by atoms with E-state index in [2.05, 4.69) is 15.5 Å². The lowest BCUT2D eigenvalue weighted by Crippen LogP contribution is -2.30. The molecule has 2 aromatic carbocycles. The Hall–Kier alpha value is -3.35. The summed E-state index contributed by atoms with van der Waals surface area (Å²) < 4.78 is 16.3. The number of benzene rings is 2. The molecule has 1 N–H and O–H groups in total. The lowest BCUT2D eigenvalue weighted by atomic mass is 10.1. The zero-order chi connectivity index (χ0) is 19.1. The van der Waals surface area contributed by atoms with E-state index in [1.807, 2.05) is 43.3 Å². The molecule has 0 fully saturated rings. The molecule has 1 aromatic heterocycles. The Bertz CT molecular complexity index is 890. The predicted molar refractivity (Wildman–Crippen MR) is 99.7 cm³/mol. The fraction of sp³-hybridized carbons (Fsp3) is 0.250. The highest BCUT2D eigenvalue weighted by molar-refractivity contribution is 5.77. The average molecular weight is 367 g/mol. The van der Waals surface area contributed by atoms with Gasteiger partial charge in [-0.15, -0.1) is 10.2 Å². The standard InChI is InChI=1S/C20H21N3O4/c1-14-7-9-15(10-8-14)20-23-22-19(27-20)11-12-21-18(24)13-26-17-6-4-3-5-16(17)25-2/h3-10H,11-13H2,1-2H3,(H,21,24). The van der Waals surface area contributed by atoms with E-state index < -0.39 is 0 Å². The summed E-state index contributed by atoms with van der Waals surface area (Å²) in [5.74, 6) is 1.81. The molecule has 3 aromatic rings. The summed E-state index contributed by atoms with van der Waals surface area (Å²) in [5.41, 5.74) is 2.03. The van der Waals surface area contributed by atoms with Gasteiger partial charge in [0.1, 0.15) is 0 Å². The second-order valence-corrected chi connectivity index (χ2v) is 5.91. The number of carbonyl (C=O) groups is 1. The summed E-state index contributed by atoms with van der Waals surface area (Å²) in [5, 5.41) is 10.8. The van der Waals surface area contributed by atoms with Crippen LogP contribution in [0.5, 0.6) is 11.5 Å². The number of rotatable bonds is 8. The molecule has 27 heavy (non-hydrogen) atoms. The zero-order valence-corrected chi connectivity index (χ0v) is 15.3. The van der Waals surface area contributed by atoms with Crippen molar-refractivity contribution in [1.82, 2.24) is 15.5 Å². The van der Waals surface area contributed by atoms with Crippen LogP contribution in [0, 0.1) is 6.92 Å². The van der Waals surface area contributed by atoms with Gasteiger partial charge in [0.2, 0.25) is 11.8 Å². The van der Waals surface area contributed by atoms with E-state index in [4.69, 9.17) is 13.9 Å². The molecule has 0 bridgehead atoms. The van der Waals surface area contributed by atoms with Crippen LogP contribution in [0.2, 0.25) is 0 Å². The summed E-state index contributed by atoms with van der Waals surface area (Å²) in [6, 6.07) is 15.0. The lowest BCUT2D eigenvalue weighted by molar-refractivity contribution is -0.123. The van der Waals surface area contributed by atoms with E-state index >= 15 is 0 Å². The number of para-hydroxylation sites is 2. The molecule has 0 aliphatic carbocycles. The van der Waals surface area contributed by atoms with Gasteiger partial charge in [0.15, 0.2) is 18.1 Å². The van der Waals surface area contributed by atoms with Crippen molar-refractivity contribution in [3.05, 3.63) is 60.0 Å². The quantitative estimate of drug-likeness (QED) is 0.659. The van der Waals surface area contributed by atoms with Crippen molar-refractivity contribution >= 4 is 5.91 Å². The van der Waals surface area contributed by atoms with Crippen molar-refractivity contribution in [3.8, 4) is 23.0 Å². The van der Waals surface area contributed by atoms with E-state index in [-0.39, 0.29) is 12.5 Å². The van der Waals surface area contributed by atoms with Gasteiger partial charge in [-0.2, -0.15) is 0 Å². The number of hydrogen-bond donors (Lipinski definition) is 1. The SMILES string of the molecule is COc1ccccc1OCC(=O)NCCc1nnc(-c2ccc(C)cc2)o1. The molecule has 3 rings (SSSR count). The van der Waals surface area contributed by atoms with Crippen molar-refractivity contribution in [2.24, 2.45) is 0 Å². The molecule has 0 saturated carbocycles. The van der Waals surface area contributed by atoms with Crippen LogP contribution in [0.1, 0.15) is 11.5 Å². The molecule has 140 valence electrons. The fourth-order valence-corrected chi connectivity index (χ4v) is 2.41. The van der Waals surface area contributed by atoms with Gasteiger partial charge < -0.3 is 19.2 Å². The average Bonchev–Trinajstić information content (AvgIpc) is 3.16. The highest BCUT2D eigenvalue weighted by atomic mass is 16.5. The maximum Gasteiger partial charge on any atom is 0.257 e. The number of aryl methyl sites for hydroxylation is 1. The normalized spacial score (nSPS) is 10.4. The number of ether oxygens (including phenoxy) is 2. The summed E-state index contributed by atoms with van der Waals surface area (Å²) in [6.45, 7) is 2.30. The predicted octanol–water partition coefficient (Wildman–Crippen LogP) is 2.79. The van der Waals surface area contributed by atoms with Crippen molar-refractivity contribution in [2.45, 2.75) is 13.3 Å². The largest absolute Gasteiger partial charge is 0.493 e. The van der Waals surface area contributed by atoms with Crippen molar-refractivity contribution in [3.63, 3.8) is 0 Å². The second kappa shape index (κ2) is 8.84. The maximum atomic E-state index is 11.9. The number of methoxy groups -OCH3 is 1. The van der Waals surface area contributed by atoms with Crippen LogP contribution < -0.4 is 14.8 Å². The molecular weight excluding hydrogens is 346 g/mol. The number of nitrogens with zero attached hydrogens (tertiary/aromatic N) is 2. The van der Waals surface area contributed by atoms with Crippen LogP contribution in [-0.4, -0.2) is 36.4 Å². The number of nitrogens with one attached hydrogen (secondary N) is 1. The number of hydrogen-bond acceptors (Lipinski definition) is 6. The smallest absolute Gasteiger partial charge is 0.257 e.